The molecule has 0 N–H and O–H groups in total. The Morgan fingerprint density at radius 2 is 1.39 bits per heavy atom. The van der Waals surface area contributed by atoms with Crippen LogP contribution in [0, 0.1) is 0 Å². The van der Waals surface area contributed by atoms with Gasteiger partial charge in [-0.05, 0) is 36.0 Å². The third-order valence-electron chi connectivity index (χ3n) is 6.88. The highest BCUT2D eigenvalue weighted by Crippen LogP contribution is 2.43. The van der Waals surface area contributed by atoms with Gasteiger partial charge in [0.2, 0.25) is 5.91 Å². The Bertz CT molecular complexity index is 1060. The normalized spacial score (nSPS) is 20.1. The minimum Gasteiger partial charge on any atom is -0.445 e. The maximum atomic E-state index is 14.0. The average Bonchev–Trinajstić information content (AvgIpc) is 3.45. The van der Waals surface area contributed by atoms with Gasteiger partial charge < -0.3 is 9.64 Å². The number of ether oxygens (including phenoxy) is 1. The standard InChI is InChI=1S/C28H28N2O3/c31-26-28(17-10-19-30(28)27(32)33-21-22-11-4-1-5-12-22)18-20-29(26)25(23-13-6-2-7-14-23)24-15-8-3-9-16-24/h1-9,11-16,25H,10,17-21H2/t28-/m1/s1. The Kier molecular flexibility index (Phi) is 5.86. The highest BCUT2D eigenvalue weighted by molar-refractivity contribution is 5.93. The van der Waals surface area contributed by atoms with E-state index >= 15 is 0 Å². The largest absolute Gasteiger partial charge is 0.445 e. The van der Waals surface area contributed by atoms with Crippen molar-refractivity contribution in [3.05, 3.63) is 108 Å². The Morgan fingerprint density at radius 1 is 0.818 bits per heavy atom. The average molecular weight is 441 g/mol. The van der Waals surface area contributed by atoms with Crippen molar-refractivity contribution in [2.45, 2.75) is 37.5 Å². The first-order valence-electron chi connectivity index (χ1n) is 11.6. The molecule has 2 saturated heterocycles. The number of benzene rings is 3. The highest BCUT2D eigenvalue weighted by Gasteiger charge is 2.56. The summed E-state index contributed by atoms with van der Waals surface area (Å²) >= 11 is 0. The van der Waals surface area contributed by atoms with Gasteiger partial charge in [0.15, 0.2) is 0 Å². The van der Waals surface area contributed by atoms with E-state index in [-0.39, 0.29) is 18.6 Å². The Labute approximate surface area is 194 Å². The minimum atomic E-state index is -0.810. The molecule has 1 atom stereocenters. The zero-order valence-electron chi connectivity index (χ0n) is 18.6. The predicted molar refractivity (Wildman–Crippen MR) is 126 cm³/mol. The van der Waals surface area contributed by atoms with Crippen LogP contribution in [0.1, 0.15) is 42.0 Å². The molecule has 0 bridgehead atoms. The molecule has 0 saturated carbocycles. The van der Waals surface area contributed by atoms with Crippen LogP contribution in [0.5, 0.6) is 0 Å². The molecule has 3 aromatic carbocycles. The van der Waals surface area contributed by atoms with Crippen molar-refractivity contribution >= 4 is 12.0 Å². The molecule has 0 aliphatic carbocycles. The number of rotatable bonds is 5. The summed E-state index contributed by atoms with van der Waals surface area (Å²) < 4.78 is 5.63. The van der Waals surface area contributed by atoms with E-state index in [0.717, 1.165) is 23.1 Å². The van der Waals surface area contributed by atoms with E-state index in [4.69, 9.17) is 4.74 Å². The van der Waals surface area contributed by atoms with Crippen molar-refractivity contribution < 1.29 is 14.3 Å². The SMILES string of the molecule is O=C(OCc1ccccc1)N1CCC[C@]12CCN(C(c1ccccc1)c1ccccc1)C2=O. The third-order valence-corrected chi connectivity index (χ3v) is 6.88. The van der Waals surface area contributed by atoms with E-state index in [9.17, 15) is 9.59 Å². The summed E-state index contributed by atoms with van der Waals surface area (Å²) in [5.74, 6) is 0.0226. The lowest BCUT2D eigenvalue weighted by molar-refractivity contribution is -0.137. The molecule has 5 rings (SSSR count). The van der Waals surface area contributed by atoms with Crippen LogP contribution in [-0.2, 0) is 16.1 Å². The van der Waals surface area contributed by atoms with Gasteiger partial charge in [-0.1, -0.05) is 91.0 Å². The van der Waals surface area contributed by atoms with Gasteiger partial charge in [0, 0.05) is 13.1 Å². The van der Waals surface area contributed by atoms with Crippen molar-refractivity contribution in [3.8, 4) is 0 Å². The van der Waals surface area contributed by atoms with Crippen molar-refractivity contribution in [1.82, 2.24) is 9.80 Å². The number of nitrogens with zero attached hydrogens (tertiary/aromatic N) is 2. The summed E-state index contributed by atoms with van der Waals surface area (Å²) in [6.07, 6.45) is 1.71. The molecule has 2 aliphatic rings. The van der Waals surface area contributed by atoms with Crippen LogP contribution in [0.4, 0.5) is 4.79 Å². The van der Waals surface area contributed by atoms with Crippen LogP contribution >= 0.6 is 0 Å². The van der Waals surface area contributed by atoms with Crippen LogP contribution in [0.25, 0.3) is 0 Å². The first kappa shape index (κ1) is 21.3. The fourth-order valence-corrected chi connectivity index (χ4v) is 5.27. The van der Waals surface area contributed by atoms with Crippen LogP contribution in [0.15, 0.2) is 91.0 Å². The summed E-state index contributed by atoms with van der Waals surface area (Å²) in [6.45, 7) is 1.37. The Morgan fingerprint density at radius 3 is 2.00 bits per heavy atom. The van der Waals surface area contributed by atoms with Gasteiger partial charge in [-0.3, -0.25) is 9.69 Å². The van der Waals surface area contributed by atoms with Gasteiger partial charge in [-0.15, -0.1) is 0 Å². The van der Waals surface area contributed by atoms with Crippen LogP contribution < -0.4 is 0 Å². The van der Waals surface area contributed by atoms with E-state index in [0.29, 0.717) is 25.9 Å². The fraction of sp³-hybridized carbons (Fsp3) is 0.286. The molecule has 3 aromatic rings. The molecular formula is C28H28N2O3. The molecule has 2 fully saturated rings. The van der Waals surface area contributed by atoms with Crippen LogP contribution in [-0.4, -0.2) is 40.4 Å². The number of likely N-dealkylation sites (tertiary alicyclic amines) is 2. The zero-order valence-corrected chi connectivity index (χ0v) is 18.6. The van der Waals surface area contributed by atoms with Gasteiger partial charge in [0.25, 0.3) is 0 Å². The summed E-state index contributed by atoms with van der Waals surface area (Å²) in [4.78, 5) is 30.7. The molecule has 5 heteroatoms. The minimum absolute atomic E-state index is 0.0226. The summed E-state index contributed by atoms with van der Waals surface area (Å²) in [5.41, 5.74) is 2.28. The summed E-state index contributed by atoms with van der Waals surface area (Å²) in [7, 11) is 0. The lowest BCUT2D eigenvalue weighted by Crippen LogP contribution is -2.53. The quantitative estimate of drug-likeness (QED) is 0.549. The summed E-state index contributed by atoms with van der Waals surface area (Å²) in [5, 5.41) is 0. The number of hydrogen-bond donors (Lipinski definition) is 0. The summed E-state index contributed by atoms with van der Waals surface area (Å²) in [6, 6.07) is 29.7. The molecule has 168 valence electrons. The highest BCUT2D eigenvalue weighted by atomic mass is 16.6. The van der Waals surface area contributed by atoms with Crippen molar-refractivity contribution in [2.24, 2.45) is 0 Å². The second kappa shape index (κ2) is 9.10. The molecule has 0 aromatic heterocycles. The molecule has 0 radical (unpaired) electrons. The number of hydrogen-bond acceptors (Lipinski definition) is 3. The maximum absolute atomic E-state index is 14.0. The van der Waals surface area contributed by atoms with E-state index in [1.807, 2.05) is 71.6 Å². The molecule has 2 aliphatic heterocycles. The molecule has 1 spiro atoms. The second-order valence-corrected chi connectivity index (χ2v) is 8.80. The maximum Gasteiger partial charge on any atom is 0.411 e. The Balaban J connectivity index is 1.40. The molecular weight excluding hydrogens is 412 g/mol. The Hall–Kier alpha value is -3.60. The van der Waals surface area contributed by atoms with Crippen molar-refractivity contribution in [1.29, 1.82) is 0 Å². The van der Waals surface area contributed by atoms with Gasteiger partial charge in [-0.25, -0.2) is 4.79 Å². The van der Waals surface area contributed by atoms with Crippen LogP contribution in [0.3, 0.4) is 0 Å². The lowest BCUT2D eigenvalue weighted by atomic mass is 9.93. The van der Waals surface area contributed by atoms with Crippen molar-refractivity contribution in [3.63, 3.8) is 0 Å². The van der Waals surface area contributed by atoms with Gasteiger partial charge >= 0.3 is 6.09 Å². The zero-order chi connectivity index (χ0) is 22.7. The van der Waals surface area contributed by atoms with Gasteiger partial charge in [-0.2, -0.15) is 0 Å². The molecule has 2 heterocycles. The molecule has 2 amide bonds. The molecule has 0 unspecified atom stereocenters. The molecule has 5 nitrogen and oxygen atoms in total. The number of carbonyl (C=O) groups is 2. The smallest absolute Gasteiger partial charge is 0.411 e. The van der Waals surface area contributed by atoms with Crippen molar-refractivity contribution in [2.75, 3.05) is 13.1 Å². The topological polar surface area (TPSA) is 49.9 Å². The number of amides is 2. The van der Waals surface area contributed by atoms with Crippen LogP contribution in [0.2, 0.25) is 0 Å². The lowest BCUT2D eigenvalue weighted by Gasteiger charge is -2.35. The van der Waals surface area contributed by atoms with E-state index < -0.39 is 11.6 Å². The number of carbonyl (C=O) groups excluding carboxylic acids is 2. The van der Waals surface area contributed by atoms with Gasteiger partial charge in [0.1, 0.15) is 12.1 Å². The third kappa shape index (κ3) is 3.99. The van der Waals surface area contributed by atoms with E-state index in [2.05, 4.69) is 24.3 Å². The van der Waals surface area contributed by atoms with E-state index in [1.54, 1.807) is 4.90 Å². The van der Waals surface area contributed by atoms with E-state index in [1.165, 1.54) is 0 Å². The van der Waals surface area contributed by atoms with Gasteiger partial charge in [0.05, 0.1) is 6.04 Å². The first-order chi connectivity index (χ1) is 16.2. The molecule has 33 heavy (non-hydrogen) atoms. The second-order valence-electron chi connectivity index (χ2n) is 8.80. The monoisotopic (exact) mass is 440 g/mol. The fourth-order valence-electron chi connectivity index (χ4n) is 5.27. The first-order valence-corrected chi connectivity index (χ1v) is 11.6. The predicted octanol–water partition coefficient (Wildman–Crippen LogP) is 5.18.